The molecule has 0 radical (unpaired) electrons. The molecule has 0 aliphatic rings. The van der Waals surface area contributed by atoms with E-state index in [0.29, 0.717) is 11.8 Å². The quantitative estimate of drug-likeness (QED) is 0.724. The number of aromatic amines is 2. The van der Waals surface area contributed by atoms with Crippen LogP contribution < -0.4 is 11.2 Å². The lowest BCUT2D eigenvalue weighted by Crippen LogP contribution is -2.28. The second-order valence-corrected chi connectivity index (χ2v) is 5.49. The fraction of sp³-hybridized carbons (Fsp3) is 0.500. The summed E-state index contributed by atoms with van der Waals surface area (Å²) >= 11 is 0. The van der Waals surface area contributed by atoms with Crippen molar-refractivity contribution < 1.29 is 5.11 Å². The number of rotatable bonds is 7. The number of phenolic OH excluding ortho intramolecular Hbond substituents is 1. The van der Waals surface area contributed by atoms with Gasteiger partial charge in [-0.3, -0.25) is 9.78 Å². The van der Waals surface area contributed by atoms with Crippen molar-refractivity contribution in [3.63, 3.8) is 0 Å². The zero-order valence-electron chi connectivity index (χ0n) is 13.1. The number of aromatic nitrogens is 2. The number of H-pyrrole nitrogens is 2. The Hall–Kier alpha value is -2.08. The summed E-state index contributed by atoms with van der Waals surface area (Å²) < 4.78 is 0. The van der Waals surface area contributed by atoms with Gasteiger partial charge in [-0.1, -0.05) is 19.9 Å². The van der Waals surface area contributed by atoms with Crippen molar-refractivity contribution in [2.45, 2.75) is 33.1 Å². The summed E-state index contributed by atoms with van der Waals surface area (Å²) in [7, 11) is 0. The van der Waals surface area contributed by atoms with Crippen molar-refractivity contribution in [3.05, 3.63) is 38.5 Å². The average molecular weight is 305 g/mol. The smallest absolute Gasteiger partial charge is 0.326 e. The molecular weight excluding hydrogens is 282 g/mol. The van der Waals surface area contributed by atoms with E-state index in [0.717, 1.165) is 38.0 Å². The zero-order valence-corrected chi connectivity index (χ0v) is 13.1. The SMILES string of the molecule is CCCN(CCC)CCc1ccc(O)c2[nH]c(=O)[nH]c(=O)c12. The van der Waals surface area contributed by atoms with Crippen LogP contribution in [0.1, 0.15) is 32.3 Å². The summed E-state index contributed by atoms with van der Waals surface area (Å²) in [4.78, 5) is 30.5. The number of hydrogen-bond acceptors (Lipinski definition) is 4. The Balaban J connectivity index is 2.34. The summed E-state index contributed by atoms with van der Waals surface area (Å²) in [5, 5.41) is 10.2. The van der Waals surface area contributed by atoms with Crippen LogP contribution in [0.5, 0.6) is 5.75 Å². The van der Waals surface area contributed by atoms with E-state index in [2.05, 4.69) is 28.7 Å². The summed E-state index contributed by atoms with van der Waals surface area (Å²) in [6, 6.07) is 3.28. The molecule has 1 heterocycles. The normalized spacial score (nSPS) is 11.4. The molecule has 0 aliphatic carbocycles. The molecule has 2 rings (SSSR count). The van der Waals surface area contributed by atoms with Gasteiger partial charge in [-0.05, 0) is 44.0 Å². The lowest BCUT2D eigenvalue weighted by atomic mass is 10.1. The molecule has 0 saturated carbocycles. The first-order valence-electron chi connectivity index (χ1n) is 7.76. The van der Waals surface area contributed by atoms with E-state index in [4.69, 9.17) is 0 Å². The second-order valence-electron chi connectivity index (χ2n) is 5.49. The fourth-order valence-corrected chi connectivity index (χ4v) is 2.79. The van der Waals surface area contributed by atoms with Gasteiger partial charge in [0.2, 0.25) is 0 Å². The summed E-state index contributed by atoms with van der Waals surface area (Å²) in [6.07, 6.45) is 2.88. The van der Waals surface area contributed by atoms with Crippen molar-refractivity contribution in [1.29, 1.82) is 0 Å². The van der Waals surface area contributed by atoms with Gasteiger partial charge in [0.15, 0.2) is 0 Å². The van der Waals surface area contributed by atoms with Gasteiger partial charge in [-0.15, -0.1) is 0 Å². The van der Waals surface area contributed by atoms with E-state index in [1.807, 2.05) is 0 Å². The molecule has 1 aromatic carbocycles. The Morgan fingerprint density at radius 1 is 1.05 bits per heavy atom. The molecule has 0 amide bonds. The average Bonchev–Trinajstić information content (AvgIpc) is 2.47. The van der Waals surface area contributed by atoms with E-state index in [1.54, 1.807) is 6.07 Å². The molecule has 22 heavy (non-hydrogen) atoms. The van der Waals surface area contributed by atoms with Crippen LogP contribution in [0.4, 0.5) is 0 Å². The summed E-state index contributed by atoms with van der Waals surface area (Å²) in [5.41, 5.74) is -0.0167. The minimum Gasteiger partial charge on any atom is -0.506 e. The lowest BCUT2D eigenvalue weighted by Gasteiger charge is -2.21. The Bertz CT molecular complexity index is 742. The fourth-order valence-electron chi connectivity index (χ4n) is 2.79. The maximum atomic E-state index is 12.1. The van der Waals surface area contributed by atoms with Crippen LogP contribution in [0, 0.1) is 0 Å². The monoisotopic (exact) mass is 305 g/mol. The Labute approximate surface area is 128 Å². The van der Waals surface area contributed by atoms with Crippen molar-refractivity contribution >= 4 is 10.9 Å². The van der Waals surface area contributed by atoms with Crippen molar-refractivity contribution in [2.24, 2.45) is 0 Å². The van der Waals surface area contributed by atoms with Crippen LogP contribution in [-0.2, 0) is 6.42 Å². The number of nitrogens with one attached hydrogen (secondary N) is 2. The van der Waals surface area contributed by atoms with Gasteiger partial charge in [0.25, 0.3) is 5.56 Å². The number of hydrogen-bond donors (Lipinski definition) is 3. The maximum absolute atomic E-state index is 12.1. The number of nitrogens with zero attached hydrogens (tertiary/aromatic N) is 1. The number of phenols is 1. The third kappa shape index (κ3) is 3.57. The van der Waals surface area contributed by atoms with Crippen molar-refractivity contribution in [2.75, 3.05) is 19.6 Å². The first-order valence-corrected chi connectivity index (χ1v) is 7.76. The molecule has 6 nitrogen and oxygen atoms in total. The zero-order chi connectivity index (χ0) is 16.1. The van der Waals surface area contributed by atoms with Gasteiger partial charge in [0.05, 0.1) is 10.9 Å². The number of aromatic hydroxyl groups is 1. The molecule has 0 atom stereocenters. The third-order valence-corrected chi connectivity index (χ3v) is 3.74. The van der Waals surface area contributed by atoms with Crippen LogP contribution in [0.3, 0.4) is 0 Å². The van der Waals surface area contributed by atoms with E-state index >= 15 is 0 Å². The highest BCUT2D eigenvalue weighted by Gasteiger charge is 2.12. The van der Waals surface area contributed by atoms with Crippen molar-refractivity contribution in [1.82, 2.24) is 14.9 Å². The van der Waals surface area contributed by atoms with Crippen LogP contribution in [0.25, 0.3) is 10.9 Å². The Kier molecular flexibility index (Phi) is 5.38. The van der Waals surface area contributed by atoms with Gasteiger partial charge in [0.1, 0.15) is 5.75 Å². The van der Waals surface area contributed by atoms with E-state index < -0.39 is 11.2 Å². The third-order valence-electron chi connectivity index (χ3n) is 3.74. The predicted molar refractivity (Wildman–Crippen MR) is 87.6 cm³/mol. The topological polar surface area (TPSA) is 89.2 Å². The molecule has 0 fully saturated rings. The Morgan fingerprint density at radius 2 is 1.73 bits per heavy atom. The van der Waals surface area contributed by atoms with Gasteiger partial charge < -0.3 is 15.0 Å². The molecule has 0 unspecified atom stereocenters. The molecule has 0 spiro atoms. The maximum Gasteiger partial charge on any atom is 0.326 e. The molecule has 120 valence electrons. The second kappa shape index (κ2) is 7.26. The number of benzene rings is 1. The van der Waals surface area contributed by atoms with Crippen LogP contribution in [0.15, 0.2) is 21.7 Å². The van der Waals surface area contributed by atoms with Crippen LogP contribution >= 0.6 is 0 Å². The minimum atomic E-state index is -0.608. The predicted octanol–water partition coefficient (Wildman–Crippen LogP) is 1.59. The highest BCUT2D eigenvalue weighted by Crippen LogP contribution is 2.22. The molecule has 2 aromatic rings. The largest absolute Gasteiger partial charge is 0.506 e. The highest BCUT2D eigenvalue weighted by atomic mass is 16.3. The molecule has 0 aliphatic heterocycles. The van der Waals surface area contributed by atoms with Gasteiger partial charge in [-0.25, -0.2) is 4.79 Å². The van der Waals surface area contributed by atoms with Gasteiger partial charge in [0, 0.05) is 6.54 Å². The minimum absolute atomic E-state index is 0.0825. The summed E-state index contributed by atoms with van der Waals surface area (Å²) in [5.74, 6) is -0.0825. The van der Waals surface area contributed by atoms with E-state index in [1.165, 1.54) is 6.07 Å². The molecule has 0 saturated heterocycles. The van der Waals surface area contributed by atoms with Crippen molar-refractivity contribution in [3.8, 4) is 5.75 Å². The molecule has 0 bridgehead atoms. The lowest BCUT2D eigenvalue weighted by molar-refractivity contribution is 0.278. The number of fused-ring (bicyclic) bond motifs is 1. The Morgan fingerprint density at radius 3 is 2.36 bits per heavy atom. The van der Waals surface area contributed by atoms with E-state index in [-0.39, 0.29) is 11.3 Å². The molecule has 6 heteroatoms. The standard InChI is InChI=1S/C16H23N3O3/c1-3-8-19(9-4-2)10-7-11-5-6-12(20)14-13(11)15(21)18-16(22)17-14/h5-6,20H,3-4,7-10H2,1-2H3,(H2,17,18,21,22). The highest BCUT2D eigenvalue weighted by molar-refractivity contribution is 5.86. The van der Waals surface area contributed by atoms with Crippen LogP contribution in [-0.4, -0.2) is 39.6 Å². The molecule has 3 N–H and O–H groups in total. The van der Waals surface area contributed by atoms with Gasteiger partial charge in [-0.2, -0.15) is 0 Å². The molecule has 1 aromatic heterocycles. The molecular formula is C16H23N3O3. The first kappa shape index (κ1) is 16.3. The van der Waals surface area contributed by atoms with Crippen LogP contribution in [0.2, 0.25) is 0 Å². The summed E-state index contributed by atoms with van der Waals surface area (Å²) in [6.45, 7) is 7.19. The van der Waals surface area contributed by atoms with Gasteiger partial charge >= 0.3 is 5.69 Å². The first-order chi connectivity index (χ1) is 10.6. The van der Waals surface area contributed by atoms with E-state index in [9.17, 15) is 14.7 Å².